The third kappa shape index (κ3) is 3.26. The number of aromatic nitrogens is 4. The number of Topliss-reactive ketones (excluding diaryl/α,β-unsaturated/α-hetero) is 1. The molecule has 3 aromatic rings. The highest BCUT2D eigenvalue weighted by Gasteiger charge is 2.61. The van der Waals surface area contributed by atoms with Gasteiger partial charge >= 0.3 is 0 Å². The van der Waals surface area contributed by atoms with Gasteiger partial charge in [-0.3, -0.25) is 9.59 Å². The summed E-state index contributed by atoms with van der Waals surface area (Å²) < 4.78 is 6.72. The highest BCUT2D eigenvalue weighted by Crippen LogP contribution is 2.50. The molecule has 0 bridgehead atoms. The van der Waals surface area contributed by atoms with Crippen molar-refractivity contribution in [1.29, 1.82) is 5.26 Å². The van der Waals surface area contributed by atoms with Gasteiger partial charge < -0.3 is 21.1 Å². The number of primary amides is 1. The first-order chi connectivity index (χ1) is 16.3. The van der Waals surface area contributed by atoms with Gasteiger partial charge in [0, 0.05) is 19.2 Å². The van der Waals surface area contributed by atoms with Crippen LogP contribution >= 0.6 is 0 Å². The molecule has 4 heterocycles. The first-order valence-corrected chi connectivity index (χ1v) is 11.0. The van der Waals surface area contributed by atoms with Crippen LogP contribution in [-0.4, -0.2) is 57.0 Å². The van der Waals surface area contributed by atoms with E-state index in [9.17, 15) is 14.9 Å². The molecule has 0 unspecified atom stereocenters. The number of ketones is 1. The van der Waals surface area contributed by atoms with E-state index in [4.69, 9.17) is 10.5 Å². The number of carbonyl (C=O) groups is 2. The van der Waals surface area contributed by atoms with Crippen molar-refractivity contribution in [2.24, 2.45) is 17.1 Å². The molecule has 11 heteroatoms. The number of carbonyl (C=O) groups excluding carboxylic acids is 2. The number of amides is 1. The highest BCUT2D eigenvalue weighted by atomic mass is 16.5. The second-order valence-electron chi connectivity index (χ2n) is 8.91. The van der Waals surface area contributed by atoms with Gasteiger partial charge in [0.15, 0.2) is 11.4 Å². The summed E-state index contributed by atoms with van der Waals surface area (Å²) in [6, 6.07) is 7.51. The Bertz CT molecular complexity index is 1360. The minimum atomic E-state index is -1.10. The number of nitrogens with two attached hydrogens (primary N) is 1. The van der Waals surface area contributed by atoms with Crippen LogP contribution in [0.25, 0.3) is 17.0 Å². The topological polar surface area (TPSA) is 160 Å². The zero-order valence-electron chi connectivity index (χ0n) is 18.8. The Morgan fingerprint density at radius 2 is 2.12 bits per heavy atom. The number of ether oxygens (including phenoxy) is 1. The molecule has 11 nitrogen and oxygen atoms in total. The van der Waals surface area contributed by atoms with E-state index in [0.717, 1.165) is 0 Å². The lowest BCUT2D eigenvalue weighted by Crippen LogP contribution is -2.55. The lowest BCUT2D eigenvalue weighted by atomic mass is 9.77. The minimum Gasteiger partial charge on any atom is -0.481 e. The van der Waals surface area contributed by atoms with E-state index in [1.807, 2.05) is 6.92 Å². The Morgan fingerprint density at radius 3 is 2.74 bits per heavy atom. The van der Waals surface area contributed by atoms with Crippen LogP contribution in [0.15, 0.2) is 30.6 Å². The molecule has 1 aliphatic heterocycles. The van der Waals surface area contributed by atoms with Gasteiger partial charge in [-0.15, -0.1) is 0 Å². The van der Waals surface area contributed by atoms with Crippen LogP contribution < -0.4 is 21.1 Å². The maximum Gasteiger partial charge on any atom is 0.252 e. The molecule has 34 heavy (non-hydrogen) atoms. The fraction of sp³-hybridized carbons (Fsp3) is 0.391. The number of methoxy groups -OCH3 is 1. The van der Waals surface area contributed by atoms with Crippen molar-refractivity contribution >= 4 is 23.0 Å². The Kier molecular flexibility index (Phi) is 4.98. The number of pyridine rings is 1. The van der Waals surface area contributed by atoms with Gasteiger partial charge in [0.05, 0.1) is 42.5 Å². The minimum absolute atomic E-state index is 0.108. The van der Waals surface area contributed by atoms with Crippen molar-refractivity contribution in [1.82, 2.24) is 24.9 Å². The molecule has 2 aliphatic rings. The van der Waals surface area contributed by atoms with Crippen LogP contribution in [0.4, 0.5) is 5.69 Å². The highest BCUT2D eigenvalue weighted by molar-refractivity contribution is 6.05. The number of nitrogens with zero attached hydrogens (tertiary/aromatic N) is 5. The van der Waals surface area contributed by atoms with Gasteiger partial charge in [-0.25, -0.2) is 14.5 Å². The van der Waals surface area contributed by atoms with Crippen molar-refractivity contribution in [3.8, 4) is 23.3 Å². The average Bonchev–Trinajstić information content (AvgIpc) is 3.38. The molecular weight excluding hydrogens is 436 g/mol. The number of hydrogen-bond donors (Lipinski definition) is 3. The predicted octanol–water partition coefficient (Wildman–Crippen LogP) is 1.16. The first-order valence-electron chi connectivity index (χ1n) is 11.0. The summed E-state index contributed by atoms with van der Waals surface area (Å²) in [5.41, 5.74) is 5.36. The van der Waals surface area contributed by atoms with Gasteiger partial charge in [0.1, 0.15) is 16.6 Å². The van der Waals surface area contributed by atoms with Crippen LogP contribution in [0.2, 0.25) is 0 Å². The van der Waals surface area contributed by atoms with E-state index in [1.54, 1.807) is 24.4 Å². The van der Waals surface area contributed by atoms with Gasteiger partial charge in [0.2, 0.25) is 5.88 Å². The monoisotopic (exact) mass is 460 g/mol. The summed E-state index contributed by atoms with van der Waals surface area (Å²) in [7, 11) is 1.53. The molecule has 5 rings (SSSR count). The zero-order valence-corrected chi connectivity index (χ0v) is 18.8. The summed E-state index contributed by atoms with van der Waals surface area (Å²) in [5.74, 6) is -0.592. The molecule has 1 saturated carbocycles. The molecule has 1 amide bonds. The molecular formula is C23H24N8O3. The van der Waals surface area contributed by atoms with Crippen LogP contribution in [0.1, 0.15) is 30.1 Å². The molecule has 0 spiro atoms. The summed E-state index contributed by atoms with van der Waals surface area (Å²) in [5, 5.41) is 20.6. The number of nitrogens with one attached hydrogen (secondary N) is 2. The van der Waals surface area contributed by atoms with Crippen molar-refractivity contribution in [2.45, 2.75) is 25.3 Å². The number of rotatable bonds is 7. The Hall–Kier alpha value is -4.04. The van der Waals surface area contributed by atoms with Gasteiger partial charge in [-0.1, -0.05) is 13.0 Å². The van der Waals surface area contributed by atoms with Crippen molar-refractivity contribution in [2.75, 3.05) is 25.5 Å². The number of fused-ring (bicyclic) bond motifs is 1. The summed E-state index contributed by atoms with van der Waals surface area (Å²) in [6.45, 7) is 2.84. The van der Waals surface area contributed by atoms with E-state index in [-0.39, 0.29) is 17.3 Å². The Balaban J connectivity index is 1.66. The van der Waals surface area contributed by atoms with Gasteiger partial charge in [-0.05, 0) is 24.8 Å². The van der Waals surface area contributed by atoms with E-state index in [1.165, 1.54) is 17.8 Å². The third-order valence-electron chi connectivity index (χ3n) is 6.80. The average molecular weight is 460 g/mol. The van der Waals surface area contributed by atoms with E-state index >= 15 is 0 Å². The SMILES string of the molecule is COc1cccc(-c2cn3ncc(C(N)=O)c(N[C@]4(C(=O)C5(C#N)CC5)CNC[C@@H]4C)c3n2)n1. The second-order valence-corrected chi connectivity index (χ2v) is 8.91. The molecule has 0 radical (unpaired) electrons. The maximum atomic E-state index is 13.7. The maximum absolute atomic E-state index is 13.7. The quantitative estimate of drug-likeness (QED) is 0.470. The summed E-state index contributed by atoms with van der Waals surface area (Å²) >= 11 is 0. The molecule has 0 aromatic carbocycles. The lowest BCUT2D eigenvalue weighted by Gasteiger charge is -2.35. The number of imidazole rings is 1. The molecule has 1 aliphatic carbocycles. The standard InChI is InChI=1S/C23H24N8O3/c1-13-8-26-12-23(13,21(33)22(11-24)6-7-22)30-18-14(19(25)32)9-27-31-10-16(29-20(18)31)15-4-3-5-17(28-15)34-2/h3-5,9-10,13,26,30H,6-8,12H2,1-2H3,(H2,25,32)/t13-,23+/m0/s1. The predicted molar refractivity (Wildman–Crippen MR) is 122 cm³/mol. The molecule has 2 fully saturated rings. The fourth-order valence-electron chi connectivity index (χ4n) is 4.57. The number of hydrogen-bond acceptors (Lipinski definition) is 9. The van der Waals surface area contributed by atoms with Crippen molar-refractivity contribution in [3.05, 3.63) is 36.2 Å². The molecule has 174 valence electrons. The lowest BCUT2D eigenvalue weighted by molar-refractivity contribution is -0.127. The summed E-state index contributed by atoms with van der Waals surface area (Å²) in [4.78, 5) is 35.1. The number of anilines is 1. The molecule has 1 saturated heterocycles. The molecule has 2 atom stereocenters. The second kappa shape index (κ2) is 7.78. The largest absolute Gasteiger partial charge is 0.481 e. The smallest absolute Gasteiger partial charge is 0.252 e. The van der Waals surface area contributed by atoms with Crippen molar-refractivity contribution in [3.63, 3.8) is 0 Å². The van der Waals surface area contributed by atoms with Gasteiger partial charge in [0.25, 0.3) is 5.91 Å². The van der Waals surface area contributed by atoms with E-state index < -0.39 is 16.9 Å². The fourth-order valence-corrected chi connectivity index (χ4v) is 4.57. The molecule has 4 N–H and O–H groups in total. The van der Waals surface area contributed by atoms with Crippen LogP contribution in [-0.2, 0) is 4.79 Å². The van der Waals surface area contributed by atoms with Crippen LogP contribution in [0.5, 0.6) is 5.88 Å². The number of nitriles is 1. The summed E-state index contributed by atoms with van der Waals surface area (Å²) in [6.07, 6.45) is 4.09. The van der Waals surface area contributed by atoms with E-state index in [0.29, 0.717) is 54.5 Å². The first kappa shape index (κ1) is 21.8. The zero-order chi connectivity index (χ0) is 24.1. The normalized spacial score (nSPS) is 22.8. The van der Waals surface area contributed by atoms with E-state index in [2.05, 4.69) is 31.8 Å². The third-order valence-corrected chi connectivity index (χ3v) is 6.80. The molecule has 3 aromatic heterocycles. The van der Waals surface area contributed by atoms with Crippen molar-refractivity contribution < 1.29 is 14.3 Å². The van der Waals surface area contributed by atoms with Crippen LogP contribution in [0.3, 0.4) is 0 Å². The van der Waals surface area contributed by atoms with Crippen LogP contribution in [0, 0.1) is 22.7 Å². The Labute approximate surface area is 195 Å². The van der Waals surface area contributed by atoms with Gasteiger partial charge in [-0.2, -0.15) is 10.4 Å². The Morgan fingerprint density at radius 1 is 1.32 bits per heavy atom.